The third-order valence-corrected chi connectivity index (χ3v) is 11.3. The molecule has 1 heterocycles. The van der Waals surface area contributed by atoms with Crippen molar-refractivity contribution in [2.75, 3.05) is 0 Å². The van der Waals surface area contributed by atoms with Crippen LogP contribution in [0, 0.1) is 6.92 Å². The molecule has 9 aromatic carbocycles. The summed E-state index contributed by atoms with van der Waals surface area (Å²) in [5.74, 6) is 0. The van der Waals surface area contributed by atoms with E-state index in [9.17, 15) is 0 Å². The Morgan fingerprint density at radius 1 is 0.354 bits per heavy atom. The molecule has 224 valence electrons. The zero-order valence-corrected chi connectivity index (χ0v) is 27.3. The topological polar surface area (TPSA) is 0 Å². The monoisotopic (exact) mass is 626 g/mol. The maximum atomic E-state index is 2.48. The molecule has 0 atom stereocenters. The molecule has 48 heavy (non-hydrogen) atoms. The van der Waals surface area contributed by atoms with Crippen LogP contribution in [0.2, 0.25) is 0 Å². The molecule has 0 unspecified atom stereocenters. The van der Waals surface area contributed by atoms with E-state index in [1.54, 1.807) is 0 Å². The number of aryl methyl sites for hydroxylation is 1. The number of hydrogen-bond acceptors (Lipinski definition) is 1. The molecule has 0 aliphatic rings. The van der Waals surface area contributed by atoms with Gasteiger partial charge in [-0.3, -0.25) is 0 Å². The van der Waals surface area contributed by atoms with Crippen LogP contribution in [0.25, 0.3) is 96.6 Å². The molecule has 0 radical (unpaired) electrons. The molecule has 0 saturated carbocycles. The molecule has 10 rings (SSSR count). The van der Waals surface area contributed by atoms with Gasteiger partial charge in [-0.15, -0.1) is 11.3 Å². The maximum Gasteiger partial charge on any atom is 0.0434 e. The van der Waals surface area contributed by atoms with Gasteiger partial charge in [-0.1, -0.05) is 145 Å². The quantitative estimate of drug-likeness (QED) is 0.171. The van der Waals surface area contributed by atoms with Crippen LogP contribution in [0.1, 0.15) is 5.56 Å². The highest BCUT2D eigenvalue weighted by Gasteiger charge is 2.22. The van der Waals surface area contributed by atoms with Crippen LogP contribution >= 0.6 is 11.3 Å². The Balaban J connectivity index is 1.40. The van der Waals surface area contributed by atoms with E-state index in [0.717, 1.165) is 0 Å². The van der Waals surface area contributed by atoms with Crippen molar-refractivity contribution in [3.63, 3.8) is 0 Å². The predicted octanol–water partition coefficient (Wildman–Crippen LogP) is 14.0. The SMILES string of the molecule is Cc1ccc2c(-c3cc4ccccc4cc3-c3ccccc3)c3ccccc3c(-c3cc4c5ccccc5sc4c4ccccc34)c2c1. The summed E-state index contributed by atoms with van der Waals surface area (Å²) in [4.78, 5) is 0. The minimum Gasteiger partial charge on any atom is -0.135 e. The highest BCUT2D eigenvalue weighted by molar-refractivity contribution is 7.26. The molecule has 0 amide bonds. The lowest BCUT2D eigenvalue weighted by atomic mass is 9.81. The average molecular weight is 627 g/mol. The van der Waals surface area contributed by atoms with E-state index in [0.29, 0.717) is 0 Å². The Morgan fingerprint density at radius 3 is 1.67 bits per heavy atom. The van der Waals surface area contributed by atoms with Crippen molar-refractivity contribution in [3.05, 3.63) is 169 Å². The maximum absolute atomic E-state index is 2.48. The van der Waals surface area contributed by atoms with Crippen LogP contribution in [-0.2, 0) is 0 Å². The molecule has 0 saturated heterocycles. The van der Waals surface area contributed by atoms with E-state index in [2.05, 4.69) is 171 Å². The molecule has 0 spiro atoms. The Hall–Kier alpha value is -5.76. The van der Waals surface area contributed by atoms with E-state index in [-0.39, 0.29) is 0 Å². The highest BCUT2D eigenvalue weighted by atomic mass is 32.1. The van der Waals surface area contributed by atoms with Crippen molar-refractivity contribution in [3.8, 4) is 33.4 Å². The van der Waals surface area contributed by atoms with E-state index < -0.39 is 0 Å². The highest BCUT2D eigenvalue weighted by Crippen LogP contribution is 2.50. The fourth-order valence-corrected chi connectivity index (χ4v) is 9.15. The van der Waals surface area contributed by atoms with Gasteiger partial charge >= 0.3 is 0 Å². The molecule has 0 bridgehead atoms. The first-order valence-corrected chi connectivity index (χ1v) is 17.4. The smallest absolute Gasteiger partial charge is 0.0434 e. The first kappa shape index (κ1) is 27.4. The zero-order valence-electron chi connectivity index (χ0n) is 26.5. The standard InChI is InChI=1S/C47H30S/c1-29-23-24-37-40(25-29)46(42-28-43-34-18-11-12-22-44(34)48-47(43)38-21-10-7-17-33(38)42)36-20-9-8-19-35(36)45(37)41-27-32-16-6-5-15-31(32)26-39(41)30-13-3-2-4-14-30/h2-28H,1H3. The zero-order chi connectivity index (χ0) is 31.8. The van der Waals surface area contributed by atoms with Gasteiger partial charge in [0, 0.05) is 25.6 Å². The van der Waals surface area contributed by atoms with Crippen LogP contribution in [0.15, 0.2) is 164 Å². The Morgan fingerprint density at radius 2 is 0.917 bits per heavy atom. The molecule has 1 heteroatoms. The lowest BCUT2D eigenvalue weighted by Gasteiger charge is -2.21. The minimum absolute atomic E-state index is 1.23. The van der Waals surface area contributed by atoms with Gasteiger partial charge in [-0.25, -0.2) is 0 Å². The second-order valence-corrected chi connectivity index (χ2v) is 14.0. The molecule has 10 aromatic rings. The molecule has 0 N–H and O–H groups in total. The third kappa shape index (κ3) is 4.08. The van der Waals surface area contributed by atoms with Gasteiger partial charge < -0.3 is 0 Å². The van der Waals surface area contributed by atoms with Gasteiger partial charge in [-0.2, -0.15) is 0 Å². The normalized spacial score (nSPS) is 11.9. The molecule has 1 aromatic heterocycles. The minimum atomic E-state index is 1.23. The van der Waals surface area contributed by atoms with Crippen LogP contribution in [0.4, 0.5) is 0 Å². The average Bonchev–Trinajstić information content (AvgIpc) is 3.52. The number of rotatable bonds is 3. The molecule has 0 aliphatic carbocycles. The lowest BCUT2D eigenvalue weighted by Crippen LogP contribution is -1.94. The summed E-state index contributed by atoms with van der Waals surface area (Å²) >= 11 is 1.90. The molecule has 0 nitrogen and oxygen atoms in total. The Labute approximate surface area is 283 Å². The molecular formula is C47H30S. The van der Waals surface area contributed by atoms with E-state index >= 15 is 0 Å². The summed E-state index contributed by atoms with van der Waals surface area (Å²) in [5.41, 5.74) is 8.91. The first-order chi connectivity index (χ1) is 23.7. The van der Waals surface area contributed by atoms with Crippen LogP contribution in [-0.4, -0.2) is 0 Å². The van der Waals surface area contributed by atoms with Crippen LogP contribution in [0.3, 0.4) is 0 Å². The fourth-order valence-electron chi connectivity index (χ4n) is 7.93. The van der Waals surface area contributed by atoms with Crippen molar-refractivity contribution < 1.29 is 0 Å². The van der Waals surface area contributed by atoms with Crippen molar-refractivity contribution in [2.45, 2.75) is 6.92 Å². The summed E-state index contributed by atoms with van der Waals surface area (Å²) in [5, 5.41) is 12.9. The second kappa shape index (κ2) is 10.6. The van der Waals surface area contributed by atoms with Crippen molar-refractivity contribution >= 4 is 74.6 Å². The van der Waals surface area contributed by atoms with E-state index in [1.807, 2.05) is 11.3 Å². The van der Waals surface area contributed by atoms with Gasteiger partial charge in [0.25, 0.3) is 0 Å². The van der Waals surface area contributed by atoms with Crippen LogP contribution < -0.4 is 0 Å². The van der Waals surface area contributed by atoms with Crippen molar-refractivity contribution in [1.82, 2.24) is 0 Å². The summed E-state index contributed by atoms with van der Waals surface area (Å²) in [6.07, 6.45) is 0. The van der Waals surface area contributed by atoms with Gasteiger partial charge in [0.1, 0.15) is 0 Å². The Kier molecular flexibility index (Phi) is 6.06. The Bertz CT molecular complexity index is 2890. The van der Waals surface area contributed by atoms with Crippen molar-refractivity contribution in [1.29, 1.82) is 0 Å². The van der Waals surface area contributed by atoms with Crippen molar-refractivity contribution in [2.24, 2.45) is 0 Å². The summed E-state index contributed by atoms with van der Waals surface area (Å²) in [6, 6.07) is 60.9. The fraction of sp³-hybridized carbons (Fsp3) is 0.0213. The molecule has 0 fully saturated rings. The van der Waals surface area contributed by atoms with Crippen LogP contribution in [0.5, 0.6) is 0 Å². The summed E-state index contributed by atoms with van der Waals surface area (Å²) in [7, 11) is 0. The number of hydrogen-bond donors (Lipinski definition) is 0. The van der Waals surface area contributed by atoms with Gasteiger partial charge in [-0.05, 0) is 102 Å². The van der Waals surface area contributed by atoms with E-state index in [4.69, 9.17) is 0 Å². The lowest BCUT2D eigenvalue weighted by molar-refractivity contribution is 1.51. The number of fused-ring (bicyclic) bond motifs is 8. The van der Waals surface area contributed by atoms with E-state index in [1.165, 1.54) is 102 Å². The number of benzene rings is 9. The number of thiophene rings is 1. The van der Waals surface area contributed by atoms with Gasteiger partial charge in [0.2, 0.25) is 0 Å². The summed E-state index contributed by atoms with van der Waals surface area (Å²) < 4.78 is 2.70. The molecule has 0 aliphatic heterocycles. The molecular weight excluding hydrogens is 597 g/mol. The third-order valence-electron chi connectivity index (χ3n) is 10.1. The first-order valence-electron chi connectivity index (χ1n) is 16.6. The predicted molar refractivity (Wildman–Crippen MR) is 210 cm³/mol. The largest absolute Gasteiger partial charge is 0.135 e. The van der Waals surface area contributed by atoms with Gasteiger partial charge in [0.05, 0.1) is 0 Å². The second-order valence-electron chi connectivity index (χ2n) is 12.9. The van der Waals surface area contributed by atoms with Gasteiger partial charge in [0.15, 0.2) is 0 Å². The summed E-state index contributed by atoms with van der Waals surface area (Å²) in [6.45, 7) is 2.22.